The molecule has 2 aromatic heterocycles. The summed E-state index contributed by atoms with van der Waals surface area (Å²) in [6, 6.07) is 6.50. The summed E-state index contributed by atoms with van der Waals surface area (Å²) in [6.45, 7) is 1.23. The molecule has 0 amide bonds. The van der Waals surface area contributed by atoms with Gasteiger partial charge in [0.15, 0.2) is 16.5 Å². The number of halogens is 1. The van der Waals surface area contributed by atoms with Crippen LogP contribution in [0.4, 0.5) is 4.39 Å². The van der Waals surface area contributed by atoms with E-state index < -0.39 is 0 Å². The van der Waals surface area contributed by atoms with Crippen molar-refractivity contribution in [2.24, 2.45) is 0 Å². The van der Waals surface area contributed by atoms with E-state index >= 15 is 0 Å². The fourth-order valence-corrected chi connectivity index (χ4v) is 3.26. The molecule has 0 saturated heterocycles. The van der Waals surface area contributed by atoms with Crippen LogP contribution in [0.1, 0.15) is 11.3 Å². The van der Waals surface area contributed by atoms with Crippen molar-refractivity contribution in [2.45, 2.75) is 13.1 Å². The molecule has 1 unspecified atom stereocenters. The van der Waals surface area contributed by atoms with Crippen molar-refractivity contribution in [3.63, 3.8) is 0 Å². The van der Waals surface area contributed by atoms with Crippen LogP contribution in [-0.2, 0) is 13.1 Å². The first-order valence-corrected chi connectivity index (χ1v) is 8.04. The number of methoxy groups -OCH3 is 1. The first-order chi connectivity index (χ1) is 11.1. The summed E-state index contributed by atoms with van der Waals surface area (Å²) in [7, 11) is 3.43. The second-order valence-electron chi connectivity index (χ2n) is 5.42. The summed E-state index contributed by atoms with van der Waals surface area (Å²) in [4.78, 5) is 18.3. The van der Waals surface area contributed by atoms with Crippen molar-refractivity contribution >= 4 is 16.3 Å². The molecule has 23 heavy (non-hydrogen) atoms. The van der Waals surface area contributed by atoms with Crippen LogP contribution in [0.15, 0.2) is 40.6 Å². The van der Waals surface area contributed by atoms with Crippen LogP contribution in [0.3, 0.4) is 0 Å². The molecule has 2 heterocycles. The number of rotatable bonds is 5. The zero-order chi connectivity index (χ0) is 16.4. The largest absolute Gasteiger partial charge is 0.494 e. The third-order valence-corrected chi connectivity index (χ3v) is 4.32. The summed E-state index contributed by atoms with van der Waals surface area (Å²) in [5.41, 5.74) is 1.54. The maximum Gasteiger partial charge on any atom is 0.258 e. The lowest BCUT2D eigenvalue weighted by molar-refractivity contribution is -0.908. The fraction of sp³-hybridized carbons (Fsp3) is 0.250. The lowest BCUT2D eigenvalue weighted by Crippen LogP contribution is -3.06. The maximum atomic E-state index is 13.7. The number of ether oxygens (including phenoxy) is 1. The average molecular weight is 334 g/mol. The Morgan fingerprint density at radius 3 is 2.91 bits per heavy atom. The van der Waals surface area contributed by atoms with Crippen LogP contribution >= 0.6 is 11.3 Å². The second kappa shape index (κ2) is 6.47. The summed E-state index contributed by atoms with van der Waals surface area (Å²) < 4.78 is 20.2. The molecule has 0 aliphatic carbocycles. The Kier molecular flexibility index (Phi) is 4.40. The predicted octanol–water partition coefficient (Wildman–Crippen LogP) is 1.12. The van der Waals surface area contributed by atoms with Gasteiger partial charge >= 0.3 is 0 Å². The van der Waals surface area contributed by atoms with E-state index in [4.69, 9.17) is 4.74 Å². The molecule has 3 aromatic rings. The minimum atomic E-state index is -0.367. The van der Waals surface area contributed by atoms with Crippen molar-refractivity contribution in [1.82, 2.24) is 9.38 Å². The van der Waals surface area contributed by atoms with E-state index in [1.807, 2.05) is 18.5 Å². The van der Waals surface area contributed by atoms with E-state index in [0.29, 0.717) is 18.1 Å². The Labute approximate surface area is 136 Å². The van der Waals surface area contributed by atoms with Gasteiger partial charge in [-0.3, -0.25) is 9.20 Å². The first kappa shape index (κ1) is 15.6. The highest BCUT2D eigenvalue weighted by Gasteiger charge is 2.11. The van der Waals surface area contributed by atoms with Crippen molar-refractivity contribution < 1.29 is 14.0 Å². The molecule has 0 saturated carbocycles. The molecule has 0 aliphatic rings. The number of nitrogens with zero attached hydrogens (tertiary/aromatic N) is 2. The van der Waals surface area contributed by atoms with E-state index in [1.165, 1.54) is 28.9 Å². The SMILES string of the molecule is COc1ccc(C[NH+](C)Cc2cc(=O)n3ccsc3n2)cc1F. The Balaban J connectivity index is 1.74. The smallest absolute Gasteiger partial charge is 0.258 e. The Bertz CT molecular complexity index is 890. The topological polar surface area (TPSA) is 48.0 Å². The number of quaternary nitrogens is 1. The van der Waals surface area contributed by atoms with Crippen molar-refractivity contribution in [3.05, 3.63) is 63.3 Å². The van der Waals surface area contributed by atoms with Gasteiger partial charge in [-0.15, -0.1) is 11.3 Å². The van der Waals surface area contributed by atoms with Crippen LogP contribution in [-0.4, -0.2) is 23.5 Å². The molecule has 5 nitrogen and oxygen atoms in total. The Hall–Kier alpha value is -2.25. The number of aromatic nitrogens is 2. The van der Waals surface area contributed by atoms with Gasteiger partial charge in [-0.25, -0.2) is 9.37 Å². The van der Waals surface area contributed by atoms with Gasteiger partial charge in [-0.2, -0.15) is 0 Å². The van der Waals surface area contributed by atoms with Crippen LogP contribution in [0, 0.1) is 5.82 Å². The zero-order valence-electron chi connectivity index (χ0n) is 12.9. The lowest BCUT2D eigenvalue weighted by atomic mass is 10.2. The number of hydrogen-bond donors (Lipinski definition) is 1. The molecule has 0 fully saturated rings. The van der Waals surface area contributed by atoms with Crippen molar-refractivity contribution in [1.29, 1.82) is 0 Å². The molecule has 120 valence electrons. The highest BCUT2D eigenvalue weighted by molar-refractivity contribution is 7.15. The van der Waals surface area contributed by atoms with E-state index in [-0.39, 0.29) is 17.1 Å². The molecule has 0 bridgehead atoms. The lowest BCUT2D eigenvalue weighted by Gasteiger charge is -2.14. The van der Waals surface area contributed by atoms with Crippen LogP contribution in [0.2, 0.25) is 0 Å². The molecule has 0 aliphatic heterocycles. The highest BCUT2D eigenvalue weighted by atomic mass is 32.1. The molecular weight excluding hydrogens is 317 g/mol. The Morgan fingerprint density at radius 1 is 1.35 bits per heavy atom. The number of nitrogens with one attached hydrogen (secondary N) is 1. The number of benzene rings is 1. The van der Waals surface area contributed by atoms with Crippen LogP contribution < -0.4 is 15.2 Å². The molecule has 0 spiro atoms. The highest BCUT2D eigenvalue weighted by Crippen LogP contribution is 2.17. The summed E-state index contributed by atoms with van der Waals surface area (Å²) >= 11 is 1.43. The number of fused-ring (bicyclic) bond motifs is 1. The maximum absolute atomic E-state index is 13.7. The molecular formula is C16H17FN3O2S+. The predicted molar refractivity (Wildman–Crippen MR) is 86.6 cm³/mol. The molecule has 1 aromatic carbocycles. The minimum Gasteiger partial charge on any atom is -0.494 e. The summed E-state index contributed by atoms with van der Waals surface area (Å²) in [5, 5.41) is 1.84. The van der Waals surface area contributed by atoms with Gasteiger partial charge < -0.3 is 9.64 Å². The van der Waals surface area contributed by atoms with E-state index in [0.717, 1.165) is 16.2 Å². The minimum absolute atomic E-state index is 0.0745. The third kappa shape index (κ3) is 3.40. The fourth-order valence-electron chi connectivity index (χ4n) is 2.52. The first-order valence-electron chi connectivity index (χ1n) is 7.16. The van der Waals surface area contributed by atoms with Crippen LogP contribution in [0.25, 0.3) is 4.96 Å². The summed E-state index contributed by atoms with van der Waals surface area (Å²) in [6.07, 6.45) is 1.72. The number of thiazole rings is 1. The normalized spacial score (nSPS) is 12.5. The second-order valence-corrected chi connectivity index (χ2v) is 6.29. The van der Waals surface area contributed by atoms with Crippen molar-refractivity contribution in [3.8, 4) is 5.75 Å². The molecule has 3 rings (SSSR count). The molecule has 7 heteroatoms. The van der Waals surface area contributed by atoms with Gasteiger partial charge in [0.2, 0.25) is 0 Å². The van der Waals surface area contributed by atoms with Gasteiger partial charge in [-0.05, 0) is 18.2 Å². The quantitative estimate of drug-likeness (QED) is 0.761. The van der Waals surface area contributed by atoms with Gasteiger partial charge in [0.25, 0.3) is 5.56 Å². The zero-order valence-corrected chi connectivity index (χ0v) is 13.7. The van der Waals surface area contributed by atoms with Gasteiger partial charge in [0, 0.05) is 23.2 Å². The van der Waals surface area contributed by atoms with Gasteiger partial charge in [-0.1, -0.05) is 0 Å². The molecule has 1 N–H and O–H groups in total. The van der Waals surface area contributed by atoms with E-state index in [2.05, 4.69) is 4.98 Å². The Morgan fingerprint density at radius 2 is 2.17 bits per heavy atom. The number of hydrogen-bond acceptors (Lipinski definition) is 4. The summed E-state index contributed by atoms with van der Waals surface area (Å²) in [5.74, 6) is -0.126. The standard InChI is InChI=1S/C16H16FN3O2S/c1-19(9-11-3-4-14(22-2)13(17)7-11)10-12-8-15(21)20-5-6-23-16(20)18-12/h3-8H,9-10H2,1-2H3/p+1. The monoisotopic (exact) mass is 334 g/mol. The van der Waals surface area contributed by atoms with Crippen molar-refractivity contribution in [2.75, 3.05) is 14.2 Å². The van der Waals surface area contributed by atoms with Gasteiger partial charge in [0.1, 0.15) is 18.8 Å². The molecule has 0 radical (unpaired) electrons. The average Bonchev–Trinajstić information content (AvgIpc) is 2.96. The van der Waals surface area contributed by atoms with Crippen LogP contribution in [0.5, 0.6) is 5.75 Å². The van der Waals surface area contributed by atoms with E-state index in [9.17, 15) is 9.18 Å². The third-order valence-electron chi connectivity index (χ3n) is 3.56. The molecule has 1 atom stereocenters. The van der Waals surface area contributed by atoms with E-state index in [1.54, 1.807) is 18.3 Å². The van der Waals surface area contributed by atoms with Gasteiger partial charge in [0.05, 0.1) is 14.2 Å².